The maximum atomic E-state index is 13.7. The Kier molecular flexibility index (Phi) is 3.83. The van der Waals surface area contributed by atoms with Crippen molar-refractivity contribution in [3.63, 3.8) is 0 Å². The molecule has 3 unspecified atom stereocenters. The lowest BCUT2D eigenvalue weighted by molar-refractivity contribution is -0.0264. The zero-order valence-electron chi connectivity index (χ0n) is 9.84. The SMILES string of the molecule is CCC1(C)C(Br)CC1Oc1ccc(Br)cc1F. The quantitative estimate of drug-likeness (QED) is 0.691. The fraction of sp³-hybridized carbons (Fsp3) is 0.538. The molecule has 0 aliphatic heterocycles. The molecule has 4 heteroatoms. The average molecular weight is 366 g/mol. The summed E-state index contributed by atoms with van der Waals surface area (Å²) >= 11 is 6.88. The van der Waals surface area contributed by atoms with E-state index in [9.17, 15) is 4.39 Å². The molecule has 0 bridgehead atoms. The molecule has 1 aliphatic rings. The van der Waals surface area contributed by atoms with E-state index in [1.165, 1.54) is 6.07 Å². The highest BCUT2D eigenvalue weighted by molar-refractivity contribution is 9.10. The van der Waals surface area contributed by atoms with Crippen molar-refractivity contribution in [3.05, 3.63) is 28.5 Å². The van der Waals surface area contributed by atoms with Gasteiger partial charge in [-0.1, -0.05) is 45.7 Å². The molecule has 0 aromatic heterocycles. The molecule has 1 nitrogen and oxygen atoms in total. The van der Waals surface area contributed by atoms with E-state index in [1.807, 2.05) is 0 Å². The summed E-state index contributed by atoms with van der Waals surface area (Å²) in [7, 11) is 0. The maximum absolute atomic E-state index is 13.7. The van der Waals surface area contributed by atoms with Gasteiger partial charge in [-0.05, 0) is 31.0 Å². The summed E-state index contributed by atoms with van der Waals surface area (Å²) in [5, 5.41) is 0. The van der Waals surface area contributed by atoms with Gasteiger partial charge in [-0.25, -0.2) is 4.39 Å². The normalized spacial score (nSPS) is 32.1. The molecular weight excluding hydrogens is 351 g/mol. The molecule has 3 atom stereocenters. The first-order valence-corrected chi connectivity index (χ1v) is 7.44. The summed E-state index contributed by atoms with van der Waals surface area (Å²) in [6.07, 6.45) is 2.04. The Bertz CT molecular complexity index is 424. The molecule has 0 radical (unpaired) electrons. The summed E-state index contributed by atoms with van der Waals surface area (Å²) in [5.74, 6) is 0.0353. The van der Waals surface area contributed by atoms with Crippen LogP contribution < -0.4 is 4.74 Å². The summed E-state index contributed by atoms with van der Waals surface area (Å²) in [5.41, 5.74) is 0.0967. The molecule has 0 N–H and O–H groups in total. The lowest BCUT2D eigenvalue weighted by Crippen LogP contribution is -2.54. The minimum absolute atomic E-state index is 0.0903. The zero-order chi connectivity index (χ0) is 12.6. The number of rotatable bonds is 3. The number of hydrogen-bond acceptors (Lipinski definition) is 1. The second-order valence-electron chi connectivity index (χ2n) is 4.74. The molecule has 1 saturated carbocycles. The summed E-state index contributed by atoms with van der Waals surface area (Å²) in [4.78, 5) is 0.462. The zero-order valence-corrected chi connectivity index (χ0v) is 13.0. The van der Waals surface area contributed by atoms with Gasteiger partial charge in [0.1, 0.15) is 6.10 Å². The van der Waals surface area contributed by atoms with E-state index >= 15 is 0 Å². The second kappa shape index (κ2) is 4.88. The van der Waals surface area contributed by atoms with E-state index in [1.54, 1.807) is 12.1 Å². The van der Waals surface area contributed by atoms with Crippen molar-refractivity contribution in [2.75, 3.05) is 0 Å². The molecule has 0 saturated heterocycles. The van der Waals surface area contributed by atoms with Gasteiger partial charge in [0.2, 0.25) is 0 Å². The molecule has 1 aromatic carbocycles. The van der Waals surface area contributed by atoms with Gasteiger partial charge in [0.15, 0.2) is 11.6 Å². The van der Waals surface area contributed by atoms with Crippen molar-refractivity contribution in [3.8, 4) is 5.75 Å². The Morgan fingerprint density at radius 1 is 1.53 bits per heavy atom. The molecular formula is C13H15Br2FO. The smallest absolute Gasteiger partial charge is 0.166 e. The number of ether oxygens (including phenoxy) is 1. The molecule has 1 fully saturated rings. The van der Waals surface area contributed by atoms with Crippen molar-refractivity contribution >= 4 is 31.9 Å². The number of halogens is 3. The number of alkyl halides is 1. The van der Waals surface area contributed by atoms with Crippen LogP contribution in [0.1, 0.15) is 26.7 Å². The van der Waals surface area contributed by atoms with E-state index in [0.29, 0.717) is 10.6 Å². The van der Waals surface area contributed by atoms with Gasteiger partial charge in [0.25, 0.3) is 0 Å². The lowest BCUT2D eigenvalue weighted by atomic mass is 9.65. The van der Waals surface area contributed by atoms with Gasteiger partial charge in [-0.2, -0.15) is 0 Å². The Balaban J connectivity index is 2.12. The van der Waals surface area contributed by atoms with E-state index in [0.717, 1.165) is 17.3 Å². The summed E-state index contributed by atoms with van der Waals surface area (Å²) in [6.45, 7) is 4.32. The monoisotopic (exact) mass is 364 g/mol. The topological polar surface area (TPSA) is 9.23 Å². The van der Waals surface area contributed by atoms with Crippen LogP contribution >= 0.6 is 31.9 Å². The molecule has 0 spiro atoms. The van der Waals surface area contributed by atoms with Gasteiger partial charge in [-0.15, -0.1) is 0 Å². The molecule has 1 aromatic rings. The first-order chi connectivity index (χ1) is 7.97. The maximum Gasteiger partial charge on any atom is 0.166 e. The first-order valence-electron chi connectivity index (χ1n) is 5.73. The van der Waals surface area contributed by atoms with Crippen LogP contribution in [0.25, 0.3) is 0 Å². The minimum Gasteiger partial charge on any atom is -0.487 e. The third-order valence-corrected chi connectivity index (χ3v) is 5.71. The largest absolute Gasteiger partial charge is 0.487 e. The first kappa shape index (κ1) is 13.3. The van der Waals surface area contributed by atoms with Crippen molar-refractivity contribution in [1.82, 2.24) is 0 Å². The molecule has 0 heterocycles. The predicted octanol–water partition coefficient (Wildman–Crippen LogP) is 4.92. The van der Waals surface area contributed by atoms with Gasteiger partial charge in [0, 0.05) is 14.7 Å². The van der Waals surface area contributed by atoms with E-state index in [4.69, 9.17) is 4.74 Å². The van der Waals surface area contributed by atoms with Gasteiger partial charge in [-0.3, -0.25) is 0 Å². The van der Waals surface area contributed by atoms with Gasteiger partial charge >= 0.3 is 0 Å². The predicted molar refractivity (Wildman–Crippen MR) is 74.2 cm³/mol. The van der Waals surface area contributed by atoms with Crippen molar-refractivity contribution in [2.45, 2.75) is 37.6 Å². The third-order valence-electron chi connectivity index (χ3n) is 3.80. The molecule has 0 amide bonds. The highest BCUT2D eigenvalue weighted by atomic mass is 79.9. The van der Waals surface area contributed by atoms with Crippen LogP contribution in [0.3, 0.4) is 0 Å². The molecule has 2 rings (SSSR count). The Morgan fingerprint density at radius 3 is 2.76 bits per heavy atom. The third kappa shape index (κ3) is 2.39. The summed E-state index contributed by atoms with van der Waals surface area (Å²) in [6, 6.07) is 4.91. The average Bonchev–Trinajstić information content (AvgIpc) is 2.30. The van der Waals surface area contributed by atoms with Crippen molar-refractivity contribution in [2.24, 2.45) is 5.41 Å². The van der Waals surface area contributed by atoms with E-state index < -0.39 is 0 Å². The van der Waals surface area contributed by atoms with Crippen molar-refractivity contribution < 1.29 is 9.13 Å². The number of benzene rings is 1. The Labute approximate surface area is 118 Å². The van der Waals surface area contributed by atoms with Crippen LogP contribution in [0.4, 0.5) is 4.39 Å². The summed E-state index contributed by atoms with van der Waals surface area (Å²) < 4.78 is 20.2. The lowest BCUT2D eigenvalue weighted by Gasteiger charge is -2.50. The number of hydrogen-bond donors (Lipinski definition) is 0. The minimum atomic E-state index is -0.309. The van der Waals surface area contributed by atoms with Crippen LogP contribution in [-0.2, 0) is 0 Å². The van der Waals surface area contributed by atoms with Crippen LogP contribution in [0.2, 0.25) is 0 Å². The van der Waals surface area contributed by atoms with E-state index in [-0.39, 0.29) is 17.3 Å². The highest BCUT2D eigenvalue weighted by Gasteiger charge is 2.51. The standard InChI is InChI=1S/C13H15Br2FO/c1-3-13(2)11(15)7-12(13)17-10-5-4-8(14)6-9(10)16/h4-6,11-12H,3,7H2,1-2H3. The Hall–Kier alpha value is -0.0900. The Morgan fingerprint density at radius 2 is 2.24 bits per heavy atom. The second-order valence-corrected chi connectivity index (χ2v) is 6.76. The van der Waals surface area contributed by atoms with Crippen LogP contribution in [-0.4, -0.2) is 10.9 Å². The van der Waals surface area contributed by atoms with Crippen LogP contribution in [0.5, 0.6) is 5.75 Å². The van der Waals surface area contributed by atoms with Crippen LogP contribution in [0, 0.1) is 11.2 Å². The highest BCUT2D eigenvalue weighted by Crippen LogP contribution is 2.50. The van der Waals surface area contributed by atoms with E-state index in [2.05, 4.69) is 45.7 Å². The molecule has 94 valence electrons. The van der Waals surface area contributed by atoms with Gasteiger partial charge < -0.3 is 4.74 Å². The van der Waals surface area contributed by atoms with Crippen molar-refractivity contribution in [1.29, 1.82) is 0 Å². The van der Waals surface area contributed by atoms with Crippen LogP contribution in [0.15, 0.2) is 22.7 Å². The fourth-order valence-electron chi connectivity index (χ4n) is 2.12. The molecule has 17 heavy (non-hydrogen) atoms. The molecule has 1 aliphatic carbocycles. The van der Waals surface area contributed by atoms with Gasteiger partial charge in [0.05, 0.1) is 0 Å². The fourth-order valence-corrected chi connectivity index (χ4v) is 3.41.